The molecule has 13 rings (SSSR count). The zero-order valence-electron chi connectivity index (χ0n) is 33.2. The van der Waals surface area contributed by atoms with Gasteiger partial charge in [0.05, 0.1) is 0 Å². The molecule has 0 aliphatic heterocycles. The summed E-state index contributed by atoms with van der Waals surface area (Å²) in [5, 5.41) is 2.07. The molecular formula is C55H42FN3O. The van der Waals surface area contributed by atoms with Crippen LogP contribution in [-0.4, -0.2) is 15.0 Å². The number of halogens is 1. The molecule has 4 bridgehead atoms. The highest BCUT2D eigenvalue weighted by molar-refractivity contribution is 6.12. The van der Waals surface area contributed by atoms with Crippen molar-refractivity contribution in [3.8, 4) is 67.5 Å². The fourth-order valence-electron chi connectivity index (χ4n) is 11.3. The van der Waals surface area contributed by atoms with Gasteiger partial charge in [-0.05, 0) is 131 Å². The number of hydrogen-bond donors (Lipinski definition) is 0. The molecule has 5 heteroatoms. The molecule has 0 amide bonds. The quantitative estimate of drug-likeness (QED) is 0.162. The fourth-order valence-corrected chi connectivity index (χ4v) is 11.3. The normalized spacial score (nSPS) is 20.6. The van der Waals surface area contributed by atoms with Crippen molar-refractivity contribution in [3.63, 3.8) is 0 Å². The van der Waals surface area contributed by atoms with Gasteiger partial charge in [-0.3, -0.25) is 0 Å². The number of benzene rings is 7. The maximum absolute atomic E-state index is 13.7. The number of aromatic nitrogens is 3. The van der Waals surface area contributed by atoms with E-state index in [1.807, 2.05) is 60.7 Å². The van der Waals surface area contributed by atoms with Crippen LogP contribution in [0.1, 0.15) is 44.1 Å². The first-order valence-corrected chi connectivity index (χ1v) is 21.4. The molecule has 0 unspecified atom stereocenters. The molecular weight excluding hydrogens is 738 g/mol. The second-order valence-electron chi connectivity index (χ2n) is 17.6. The molecule has 0 atom stereocenters. The number of hydrogen-bond acceptors (Lipinski definition) is 4. The van der Waals surface area contributed by atoms with Gasteiger partial charge < -0.3 is 4.42 Å². The van der Waals surface area contributed by atoms with Crippen LogP contribution in [0.25, 0.3) is 89.5 Å². The summed E-state index contributed by atoms with van der Waals surface area (Å²) in [4.78, 5) is 15.4. The fraction of sp³-hybridized carbons (Fsp3) is 0.182. The van der Waals surface area contributed by atoms with E-state index in [0.29, 0.717) is 22.9 Å². The maximum Gasteiger partial charge on any atom is 0.164 e. The zero-order valence-corrected chi connectivity index (χ0v) is 33.2. The van der Waals surface area contributed by atoms with Crippen LogP contribution in [0.15, 0.2) is 168 Å². The summed E-state index contributed by atoms with van der Waals surface area (Å²) in [6.07, 6.45) is 8.33. The lowest BCUT2D eigenvalue weighted by atomic mass is 9.48. The van der Waals surface area contributed by atoms with Crippen LogP contribution in [-0.2, 0) is 5.41 Å². The third-order valence-electron chi connectivity index (χ3n) is 13.8. The molecule has 9 aromatic rings. The summed E-state index contributed by atoms with van der Waals surface area (Å²) in [5.41, 5.74) is 12.5. The van der Waals surface area contributed by atoms with E-state index in [-0.39, 0.29) is 5.82 Å². The molecule has 0 N–H and O–H groups in total. The van der Waals surface area contributed by atoms with Gasteiger partial charge in [0.15, 0.2) is 17.5 Å². The minimum atomic E-state index is -0.252. The van der Waals surface area contributed by atoms with Gasteiger partial charge in [-0.15, -0.1) is 0 Å². The Hall–Kier alpha value is -6.72. The van der Waals surface area contributed by atoms with Crippen LogP contribution in [0.2, 0.25) is 0 Å². The van der Waals surface area contributed by atoms with Crippen molar-refractivity contribution in [3.05, 3.63) is 175 Å². The van der Waals surface area contributed by atoms with E-state index in [1.165, 1.54) is 56.2 Å². The minimum Gasteiger partial charge on any atom is -0.455 e. The molecule has 4 nitrogen and oxygen atoms in total. The SMILES string of the molecule is Fc1ccc(-c2ccc(-c3nc(-c4ccccc4)nc(-c4cc(-c5ccc(C67CC8CC(CC(C8)C6)C7)cc5)c5oc6cc(-c7ccccc7)ccc6c5c4)n3)cc2)cc1. The van der Waals surface area contributed by atoms with Gasteiger partial charge in [0.2, 0.25) is 0 Å². The van der Waals surface area contributed by atoms with E-state index >= 15 is 0 Å². The van der Waals surface area contributed by atoms with Crippen molar-refractivity contribution in [2.45, 2.75) is 43.9 Å². The lowest BCUT2D eigenvalue weighted by Gasteiger charge is -2.57. The molecule has 0 radical (unpaired) electrons. The first kappa shape index (κ1) is 35.2. The van der Waals surface area contributed by atoms with Gasteiger partial charge in [0, 0.05) is 33.0 Å². The van der Waals surface area contributed by atoms with Crippen molar-refractivity contribution in [2.24, 2.45) is 17.8 Å². The molecule has 2 aromatic heterocycles. The Kier molecular flexibility index (Phi) is 8.19. The molecule has 7 aromatic carbocycles. The Bertz CT molecular complexity index is 3010. The highest BCUT2D eigenvalue weighted by Gasteiger charge is 2.51. The smallest absolute Gasteiger partial charge is 0.164 e. The summed E-state index contributed by atoms with van der Waals surface area (Å²) in [7, 11) is 0. The average Bonchev–Trinajstić information content (AvgIpc) is 3.67. The second-order valence-corrected chi connectivity index (χ2v) is 17.6. The van der Waals surface area contributed by atoms with E-state index in [4.69, 9.17) is 19.4 Å². The summed E-state index contributed by atoms with van der Waals surface area (Å²) in [6.45, 7) is 0. The standard InChI is InChI=1S/C55H42FN3O/c56-46-22-17-39(18-23-46)38-11-13-42(14-12-38)53-57-52(41-9-5-2-6-10-41)58-54(59-53)44-28-48(40-15-20-45(21-16-40)55-31-34-25-35(32-55)27-36(26-34)33-55)51-49(29-44)47-24-19-43(30-50(47)60-51)37-7-3-1-4-8-37/h1-24,28-30,34-36H,25-27,31-33H2. The third kappa shape index (κ3) is 6.14. The van der Waals surface area contributed by atoms with Crippen molar-refractivity contribution < 1.29 is 8.81 Å². The van der Waals surface area contributed by atoms with Crippen LogP contribution >= 0.6 is 0 Å². The predicted molar refractivity (Wildman–Crippen MR) is 240 cm³/mol. The van der Waals surface area contributed by atoms with Crippen LogP contribution in [0.3, 0.4) is 0 Å². The molecule has 4 fully saturated rings. The van der Waals surface area contributed by atoms with Crippen molar-refractivity contribution in [1.29, 1.82) is 0 Å². The summed E-state index contributed by atoms with van der Waals surface area (Å²) >= 11 is 0. The van der Waals surface area contributed by atoms with Crippen molar-refractivity contribution >= 4 is 21.9 Å². The Balaban J connectivity index is 1.01. The lowest BCUT2D eigenvalue weighted by Crippen LogP contribution is -2.48. The zero-order chi connectivity index (χ0) is 39.8. The second kappa shape index (κ2) is 13.9. The van der Waals surface area contributed by atoms with E-state index < -0.39 is 0 Å². The molecule has 0 spiro atoms. The largest absolute Gasteiger partial charge is 0.455 e. The van der Waals surface area contributed by atoms with Gasteiger partial charge in [0.25, 0.3) is 0 Å². The van der Waals surface area contributed by atoms with E-state index in [1.54, 1.807) is 12.1 Å². The van der Waals surface area contributed by atoms with Crippen LogP contribution in [0.5, 0.6) is 0 Å². The van der Waals surface area contributed by atoms with Gasteiger partial charge in [-0.25, -0.2) is 19.3 Å². The van der Waals surface area contributed by atoms with Crippen molar-refractivity contribution in [2.75, 3.05) is 0 Å². The highest BCUT2D eigenvalue weighted by atomic mass is 19.1. The molecule has 290 valence electrons. The lowest BCUT2D eigenvalue weighted by molar-refractivity contribution is -0.00518. The molecule has 4 saturated carbocycles. The van der Waals surface area contributed by atoms with Gasteiger partial charge >= 0.3 is 0 Å². The minimum absolute atomic E-state index is 0.252. The van der Waals surface area contributed by atoms with Gasteiger partial charge in [-0.1, -0.05) is 127 Å². The highest BCUT2D eigenvalue weighted by Crippen LogP contribution is 2.61. The van der Waals surface area contributed by atoms with Gasteiger partial charge in [-0.2, -0.15) is 0 Å². The van der Waals surface area contributed by atoms with E-state index in [2.05, 4.69) is 78.9 Å². The van der Waals surface area contributed by atoms with Crippen molar-refractivity contribution in [1.82, 2.24) is 15.0 Å². The molecule has 60 heavy (non-hydrogen) atoms. The number of nitrogens with zero attached hydrogens (tertiary/aromatic N) is 3. The van der Waals surface area contributed by atoms with Crippen LogP contribution < -0.4 is 0 Å². The number of rotatable bonds is 7. The van der Waals surface area contributed by atoms with Crippen LogP contribution in [0.4, 0.5) is 4.39 Å². The summed E-state index contributed by atoms with van der Waals surface area (Å²) < 4.78 is 20.6. The topological polar surface area (TPSA) is 51.8 Å². The Morgan fingerprint density at radius 3 is 1.53 bits per heavy atom. The number of furan rings is 1. The predicted octanol–water partition coefficient (Wildman–Crippen LogP) is 14.4. The summed E-state index contributed by atoms with van der Waals surface area (Å²) in [6, 6.07) is 55.7. The number of fused-ring (bicyclic) bond motifs is 3. The molecule has 4 aliphatic carbocycles. The Morgan fingerprint density at radius 2 is 0.917 bits per heavy atom. The average molecular weight is 780 g/mol. The maximum atomic E-state index is 13.7. The Morgan fingerprint density at radius 1 is 0.433 bits per heavy atom. The van der Waals surface area contributed by atoms with E-state index in [0.717, 1.165) is 89.8 Å². The van der Waals surface area contributed by atoms with Gasteiger partial charge in [0.1, 0.15) is 17.0 Å². The first-order valence-electron chi connectivity index (χ1n) is 21.4. The first-order chi connectivity index (χ1) is 29.5. The van der Waals surface area contributed by atoms with E-state index in [9.17, 15) is 4.39 Å². The monoisotopic (exact) mass is 779 g/mol. The third-order valence-corrected chi connectivity index (χ3v) is 13.8. The van der Waals surface area contributed by atoms with Crippen LogP contribution in [0, 0.1) is 23.6 Å². The molecule has 4 aliphatic rings. The molecule has 0 saturated heterocycles. The Labute approximate surface area is 348 Å². The summed E-state index contributed by atoms with van der Waals surface area (Å²) in [5.74, 6) is 4.19. The molecule has 2 heterocycles.